The van der Waals surface area contributed by atoms with Crippen molar-refractivity contribution >= 4 is 17.3 Å². The minimum Gasteiger partial charge on any atom is -0.506 e. The Morgan fingerprint density at radius 3 is 2.52 bits per heavy atom. The van der Waals surface area contributed by atoms with E-state index in [-0.39, 0.29) is 35.7 Å². The van der Waals surface area contributed by atoms with E-state index in [1.54, 1.807) is 55.6 Å². The lowest BCUT2D eigenvalue weighted by molar-refractivity contribution is -0.118. The zero-order chi connectivity index (χ0) is 32.4. The summed E-state index contributed by atoms with van der Waals surface area (Å²) >= 11 is 0. The summed E-state index contributed by atoms with van der Waals surface area (Å²) in [6.45, 7) is 4.78. The lowest BCUT2D eigenvalue weighted by Crippen LogP contribution is -2.39. The van der Waals surface area contributed by atoms with Gasteiger partial charge < -0.3 is 29.4 Å². The Bertz CT molecular complexity index is 1790. The fraction of sp³-hybridized carbons (Fsp3) is 0.270. The van der Waals surface area contributed by atoms with Crippen LogP contribution in [0, 0.1) is 11.2 Å². The number of rotatable bonds is 8. The van der Waals surface area contributed by atoms with Crippen molar-refractivity contribution in [1.29, 1.82) is 0 Å². The van der Waals surface area contributed by atoms with Crippen LogP contribution in [0.4, 0.5) is 15.8 Å². The van der Waals surface area contributed by atoms with Crippen LogP contribution in [0.3, 0.4) is 0 Å². The van der Waals surface area contributed by atoms with Gasteiger partial charge in [0, 0.05) is 22.6 Å². The zero-order valence-electron chi connectivity index (χ0n) is 26.3. The molecule has 0 bridgehead atoms. The molecule has 6 rings (SSSR count). The van der Waals surface area contributed by atoms with E-state index in [4.69, 9.17) is 18.9 Å². The number of halogens is 1. The number of para-hydroxylation sites is 1. The Balaban J connectivity index is 1.47. The highest BCUT2D eigenvalue weighted by atomic mass is 19.1. The first-order valence-electron chi connectivity index (χ1n) is 15.1. The average Bonchev–Trinajstić information content (AvgIpc) is 3.18. The van der Waals surface area contributed by atoms with E-state index >= 15 is 4.39 Å². The van der Waals surface area contributed by atoms with Crippen LogP contribution in [-0.2, 0) is 22.6 Å². The Labute approximate surface area is 268 Å². The Kier molecular flexibility index (Phi) is 8.49. The largest absolute Gasteiger partial charge is 0.506 e. The molecule has 8 nitrogen and oxygen atoms in total. The van der Waals surface area contributed by atoms with Crippen molar-refractivity contribution < 1.29 is 33.2 Å². The van der Waals surface area contributed by atoms with Crippen LogP contribution in [0.5, 0.6) is 23.0 Å². The molecule has 238 valence electrons. The molecule has 0 saturated heterocycles. The third-order valence-corrected chi connectivity index (χ3v) is 8.25. The molecule has 2 heterocycles. The van der Waals surface area contributed by atoms with Gasteiger partial charge in [-0.25, -0.2) is 4.39 Å². The maximum Gasteiger partial charge on any atom is 0.232 e. The van der Waals surface area contributed by atoms with Gasteiger partial charge in [-0.2, -0.15) is 0 Å². The summed E-state index contributed by atoms with van der Waals surface area (Å²) in [5, 5.41) is 14.4. The number of anilines is 2. The Hall–Kier alpha value is -5.18. The predicted molar refractivity (Wildman–Crippen MR) is 174 cm³/mol. The van der Waals surface area contributed by atoms with Crippen LogP contribution >= 0.6 is 0 Å². The number of hydrogen-bond acceptors (Lipinski definition) is 7. The highest BCUT2D eigenvalue weighted by molar-refractivity contribution is 6.01. The molecule has 46 heavy (non-hydrogen) atoms. The van der Waals surface area contributed by atoms with Crippen LogP contribution in [0.25, 0.3) is 0 Å². The fourth-order valence-corrected chi connectivity index (χ4v) is 5.98. The molecule has 1 amide bonds. The normalized spacial score (nSPS) is 16.7. The summed E-state index contributed by atoms with van der Waals surface area (Å²) in [6.07, 6.45) is 0.457. The molecule has 1 atom stereocenters. The van der Waals surface area contributed by atoms with Crippen LogP contribution in [0.2, 0.25) is 0 Å². The van der Waals surface area contributed by atoms with Gasteiger partial charge >= 0.3 is 0 Å². The fourth-order valence-electron chi connectivity index (χ4n) is 5.98. The molecule has 0 fully saturated rings. The molecule has 0 radical (unpaired) electrons. The van der Waals surface area contributed by atoms with Crippen molar-refractivity contribution in [3.8, 4) is 23.0 Å². The van der Waals surface area contributed by atoms with E-state index < -0.39 is 11.9 Å². The molecule has 0 saturated carbocycles. The van der Waals surface area contributed by atoms with Crippen molar-refractivity contribution in [2.75, 3.05) is 31.0 Å². The van der Waals surface area contributed by atoms with E-state index in [1.807, 2.05) is 30.3 Å². The number of ether oxygens (including phenoxy) is 4. The zero-order valence-corrected chi connectivity index (χ0v) is 26.3. The number of hydrogen-bond donors (Lipinski definition) is 2. The highest BCUT2D eigenvalue weighted by Gasteiger charge is 2.42. The molecule has 4 aromatic carbocycles. The van der Waals surface area contributed by atoms with Crippen LogP contribution < -0.4 is 24.4 Å². The molecule has 0 unspecified atom stereocenters. The maximum absolute atomic E-state index is 16.3. The monoisotopic (exact) mass is 624 g/mol. The highest BCUT2D eigenvalue weighted by Crippen LogP contribution is 2.50. The van der Waals surface area contributed by atoms with Crippen molar-refractivity contribution in [3.05, 3.63) is 119 Å². The van der Waals surface area contributed by atoms with Crippen LogP contribution in [-0.4, -0.2) is 31.8 Å². The number of nitrogens with one attached hydrogen (secondary N) is 1. The van der Waals surface area contributed by atoms with E-state index in [0.29, 0.717) is 58.7 Å². The summed E-state index contributed by atoms with van der Waals surface area (Å²) in [5.41, 5.74) is 2.92. The van der Waals surface area contributed by atoms with Gasteiger partial charge in [0.05, 0.1) is 38.6 Å². The third kappa shape index (κ3) is 6.18. The van der Waals surface area contributed by atoms with Gasteiger partial charge in [0.2, 0.25) is 5.91 Å². The summed E-state index contributed by atoms with van der Waals surface area (Å²) in [4.78, 5) is 16.1. The van der Waals surface area contributed by atoms with E-state index in [2.05, 4.69) is 19.2 Å². The van der Waals surface area contributed by atoms with Crippen LogP contribution in [0.15, 0.2) is 96.4 Å². The van der Waals surface area contributed by atoms with Gasteiger partial charge in [-0.05, 0) is 54.4 Å². The summed E-state index contributed by atoms with van der Waals surface area (Å²) in [6, 6.07) is 23.5. The standard InChI is InChI=1S/C37H37FN2O6/c1-37(2)20-29-36(46-22-37)35(27-15-13-26(19-28(27)38)45-21-23-9-6-5-7-10-23)40(30-11-8-12-31(41)34(30)39-29)33(42)18-24-17-25(43-3)14-16-32(24)44-4/h5-17,19,35,39,41H,18,20-22H2,1-4H3/t35-/m0/s1. The first kappa shape index (κ1) is 30.8. The van der Waals surface area contributed by atoms with Gasteiger partial charge in [-0.15, -0.1) is 0 Å². The number of aromatic hydroxyl groups is 1. The molecule has 4 aromatic rings. The van der Waals surface area contributed by atoms with E-state index in [0.717, 1.165) is 5.56 Å². The number of nitrogens with zero attached hydrogens (tertiary/aromatic N) is 1. The lowest BCUT2D eigenvalue weighted by Gasteiger charge is -2.38. The van der Waals surface area contributed by atoms with Gasteiger partial charge in [0.1, 0.15) is 52.9 Å². The van der Waals surface area contributed by atoms with E-state index in [1.165, 1.54) is 18.1 Å². The van der Waals surface area contributed by atoms with Gasteiger partial charge in [-0.3, -0.25) is 9.69 Å². The first-order chi connectivity index (χ1) is 22.2. The third-order valence-electron chi connectivity index (χ3n) is 8.25. The number of fused-ring (bicyclic) bond motifs is 1. The number of phenolic OH excluding ortho intramolecular Hbond substituents is 1. The quantitative estimate of drug-likeness (QED) is 0.196. The molecule has 9 heteroatoms. The van der Waals surface area contributed by atoms with Crippen LogP contribution in [0.1, 0.15) is 43.0 Å². The minimum atomic E-state index is -0.992. The molecule has 2 aliphatic rings. The topological polar surface area (TPSA) is 89.5 Å². The number of carbonyl (C=O) groups excluding carboxylic acids is 1. The average molecular weight is 625 g/mol. The number of phenols is 1. The minimum absolute atomic E-state index is 0.0460. The second-order valence-electron chi connectivity index (χ2n) is 12.2. The molecule has 0 aliphatic carbocycles. The molecular weight excluding hydrogens is 587 g/mol. The number of allylic oxidation sites excluding steroid dienone is 1. The Morgan fingerprint density at radius 1 is 1.00 bits per heavy atom. The van der Waals surface area contributed by atoms with Gasteiger partial charge in [0.25, 0.3) is 0 Å². The molecule has 0 aromatic heterocycles. The molecule has 2 N–H and O–H groups in total. The second kappa shape index (κ2) is 12.7. The lowest BCUT2D eigenvalue weighted by atomic mass is 9.85. The number of methoxy groups -OCH3 is 2. The molecular formula is C37H37FN2O6. The summed E-state index contributed by atoms with van der Waals surface area (Å²) in [7, 11) is 3.09. The molecule has 2 aliphatic heterocycles. The number of amides is 1. The van der Waals surface area contributed by atoms with Crippen molar-refractivity contribution in [3.63, 3.8) is 0 Å². The Morgan fingerprint density at radius 2 is 1.78 bits per heavy atom. The first-order valence-corrected chi connectivity index (χ1v) is 15.1. The van der Waals surface area contributed by atoms with Crippen molar-refractivity contribution in [2.45, 2.75) is 39.3 Å². The van der Waals surface area contributed by atoms with E-state index in [9.17, 15) is 9.90 Å². The predicted octanol–water partition coefficient (Wildman–Crippen LogP) is 7.53. The summed E-state index contributed by atoms with van der Waals surface area (Å²) < 4.78 is 39.6. The second-order valence-corrected chi connectivity index (χ2v) is 12.2. The maximum atomic E-state index is 16.3. The summed E-state index contributed by atoms with van der Waals surface area (Å²) in [5.74, 6) is 0.876. The SMILES string of the molecule is COc1ccc(OC)c(CC(=O)N2c3cccc(O)c3NC3=C(OCC(C)(C)C3)[C@@H]2c2ccc(OCc3ccccc3)cc2F)c1. The number of benzene rings is 4. The molecule has 0 spiro atoms. The number of carbonyl (C=O) groups is 1. The van der Waals surface area contributed by atoms with Gasteiger partial charge in [0.15, 0.2) is 0 Å². The van der Waals surface area contributed by atoms with Crippen molar-refractivity contribution in [2.24, 2.45) is 5.41 Å². The van der Waals surface area contributed by atoms with Crippen molar-refractivity contribution in [1.82, 2.24) is 0 Å². The smallest absolute Gasteiger partial charge is 0.232 e. The van der Waals surface area contributed by atoms with Gasteiger partial charge in [-0.1, -0.05) is 50.2 Å².